The minimum absolute atomic E-state index is 0.236. The number of hydrogen-bond donors (Lipinski definition) is 0. The summed E-state index contributed by atoms with van der Waals surface area (Å²) in [6.07, 6.45) is 7.53. The predicted octanol–water partition coefficient (Wildman–Crippen LogP) is 4.95. The highest BCUT2D eigenvalue weighted by molar-refractivity contribution is 5.97. The van der Waals surface area contributed by atoms with Gasteiger partial charge in [0.05, 0.1) is 0 Å². The average molecular weight is 486 g/mol. The third-order valence-corrected chi connectivity index (χ3v) is 9.20. The lowest BCUT2D eigenvalue weighted by atomic mass is 9.93. The van der Waals surface area contributed by atoms with E-state index in [1.807, 2.05) is 12.1 Å². The average Bonchev–Trinajstić information content (AvgIpc) is 3.55. The second kappa shape index (κ2) is 9.66. The molecule has 0 spiro atoms. The smallest absolute Gasteiger partial charge is 0.254 e. The lowest BCUT2D eigenvalue weighted by molar-refractivity contribution is -0.135. The van der Waals surface area contributed by atoms with Crippen LogP contribution in [0.1, 0.15) is 72.0 Å². The number of piperidine rings is 1. The summed E-state index contributed by atoms with van der Waals surface area (Å²) in [5, 5.41) is 0. The molecule has 3 heterocycles. The molecule has 6 rings (SSSR count). The van der Waals surface area contributed by atoms with Crippen LogP contribution in [0.5, 0.6) is 0 Å². The van der Waals surface area contributed by atoms with E-state index in [1.165, 1.54) is 5.56 Å². The van der Waals surface area contributed by atoms with Gasteiger partial charge in [-0.1, -0.05) is 48.5 Å². The normalized spacial score (nSPS) is 27.9. The van der Waals surface area contributed by atoms with Gasteiger partial charge in [-0.25, -0.2) is 0 Å². The molecule has 3 aliphatic heterocycles. The topological polar surface area (TPSA) is 43.9 Å². The molecule has 1 saturated carbocycles. The molecule has 5 heteroatoms. The van der Waals surface area contributed by atoms with E-state index in [2.05, 4.69) is 64.9 Å². The van der Waals surface area contributed by atoms with Gasteiger partial charge in [0.15, 0.2) is 0 Å². The standard InChI is InChI=1S/C31H39N3O2/c1-21-7-6-8-22(2)29(21)31(36)34-25-13-14-26(34)18-28(17-25)32-16-15-27(20-32)33(30(35)24-11-12-24)19-23-9-4-3-5-10-23/h3-10,24-28H,11-20H2,1-2H3/t25-,26+,27-,28?/m0/s1. The molecule has 1 unspecified atom stereocenters. The van der Waals surface area contributed by atoms with Crippen LogP contribution in [0.3, 0.4) is 0 Å². The van der Waals surface area contributed by atoms with Crippen molar-refractivity contribution in [3.63, 3.8) is 0 Å². The van der Waals surface area contributed by atoms with Crippen molar-refractivity contribution in [1.29, 1.82) is 0 Å². The van der Waals surface area contributed by atoms with Crippen molar-refractivity contribution in [3.8, 4) is 0 Å². The van der Waals surface area contributed by atoms with Crippen LogP contribution in [0.15, 0.2) is 48.5 Å². The zero-order valence-corrected chi connectivity index (χ0v) is 21.7. The minimum Gasteiger partial charge on any atom is -0.334 e. The predicted molar refractivity (Wildman–Crippen MR) is 142 cm³/mol. The van der Waals surface area contributed by atoms with Gasteiger partial charge in [0, 0.05) is 55.3 Å². The summed E-state index contributed by atoms with van der Waals surface area (Å²) in [7, 11) is 0. The Balaban J connectivity index is 1.13. The van der Waals surface area contributed by atoms with Crippen LogP contribution in [0, 0.1) is 19.8 Å². The molecule has 36 heavy (non-hydrogen) atoms. The van der Waals surface area contributed by atoms with Gasteiger partial charge in [-0.2, -0.15) is 0 Å². The molecule has 4 fully saturated rings. The number of nitrogens with zero attached hydrogens (tertiary/aromatic N) is 3. The van der Waals surface area contributed by atoms with Crippen LogP contribution >= 0.6 is 0 Å². The molecule has 2 aromatic carbocycles. The number of rotatable bonds is 6. The first kappa shape index (κ1) is 23.7. The van der Waals surface area contributed by atoms with E-state index in [9.17, 15) is 9.59 Å². The van der Waals surface area contributed by atoms with Crippen LogP contribution in [0.25, 0.3) is 0 Å². The summed E-state index contributed by atoms with van der Waals surface area (Å²) in [5.41, 5.74) is 4.30. The van der Waals surface area contributed by atoms with Crippen molar-refractivity contribution < 1.29 is 9.59 Å². The summed E-state index contributed by atoms with van der Waals surface area (Å²) in [6, 6.07) is 18.1. The summed E-state index contributed by atoms with van der Waals surface area (Å²) >= 11 is 0. The van der Waals surface area contributed by atoms with Crippen molar-refractivity contribution in [3.05, 3.63) is 70.8 Å². The SMILES string of the molecule is Cc1cccc(C)c1C(=O)N1[C@@H]2CC[C@H]1CC(N1CC[C@H](N(Cc3ccccc3)C(=O)C3CC3)C1)C2. The van der Waals surface area contributed by atoms with E-state index < -0.39 is 0 Å². The van der Waals surface area contributed by atoms with Crippen LogP contribution in [0.2, 0.25) is 0 Å². The Morgan fingerprint density at radius 3 is 2.14 bits per heavy atom. The van der Waals surface area contributed by atoms with Crippen molar-refractivity contribution in [2.75, 3.05) is 13.1 Å². The number of hydrogen-bond acceptors (Lipinski definition) is 3. The van der Waals surface area contributed by atoms with Gasteiger partial charge in [-0.05, 0) is 75.5 Å². The Morgan fingerprint density at radius 1 is 0.833 bits per heavy atom. The fourth-order valence-corrected chi connectivity index (χ4v) is 7.14. The van der Waals surface area contributed by atoms with Crippen LogP contribution in [0.4, 0.5) is 0 Å². The van der Waals surface area contributed by atoms with E-state index in [0.717, 1.165) is 81.3 Å². The summed E-state index contributed by atoms with van der Waals surface area (Å²) in [5.74, 6) is 0.845. The van der Waals surface area contributed by atoms with Crippen molar-refractivity contribution in [2.45, 2.75) is 89.5 Å². The zero-order valence-electron chi connectivity index (χ0n) is 21.7. The summed E-state index contributed by atoms with van der Waals surface area (Å²) in [6.45, 7) is 6.87. The van der Waals surface area contributed by atoms with Crippen molar-refractivity contribution in [1.82, 2.24) is 14.7 Å². The van der Waals surface area contributed by atoms with Gasteiger partial charge in [0.1, 0.15) is 0 Å². The van der Waals surface area contributed by atoms with Crippen molar-refractivity contribution >= 4 is 11.8 Å². The van der Waals surface area contributed by atoms with E-state index in [4.69, 9.17) is 0 Å². The lowest BCUT2D eigenvalue weighted by Crippen LogP contribution is -2.53. The zero-order chi connectivity index (χ0) is 24.8. The number of likely N-dealkylation sites (tertiary alicyclic amines) is 1. The van der Waals surface area contributed by atoms with Crippen LogP contribution in [-0.2, 0) is 11.3 Å². The Hall–Kier alpha value is -2.66. The number of carbonyl (C=O) groups excluding carboxylic acids is 2. The Labute approximate surface area is 215 Å². The van der Waals surface area contributed by atoms with Gasteiger partial charge in [0.25, 0.3) is 5.91 Å². The molecular formula is C31H39N3O2. The Morgan fingerprint density at radius 2 is 1.50 bits per heavy atom. The van der Waals surface area contributed by atoms with Crippen molar-refractivity contribution in [2.24, 2.45) is 5.92 Å². The molecule has 2 bridgehead atoms. The van der Waals surface area contributed by atoms with Gasteiger partial charge in [-0.15, -0.1) is 0 Å². The third-order valence-electron chi connectivity index (χ3n) is 9.20. The Kier molecular flexibility index (Phi) is 6.37. The molecule has 1 aliphatic carbocycles. The molecule has 0 N–H and O–H groups in total. The maximum atomic E-state index is 13.7. The van der Waals surface area contributed by atoms with E-state index in [-0.39, 0.29) is 11.8 Å². The molecule has 4 aliphatic rings. The largest absolute Gasteiger partial charge is 0.334 e. The first-order chi connectivity index (χ1) is 17.5. The highest BCUT2D eigenvalue weighted by atomic mass is 16.2. The third kappa shape index (κ3) is 4.47. The highest BCUT2D eigenvalue weighted by Gasteiger charge is 2.47. The fraction of sp³-hybridized carbons (Fsp3) is 0.548. The molecule has 2 aromatic rings. The second-order valence-electron chi connectivity index (χ2n) is 11.7. The van der Waals surface area contributed by atoms with Crippen LogP contribution in [-0.4, -0.2) is 63.8 Å². The number of amides is 2. The number of fused-ring (bicyclic) bond motifs is 2. The van der Waals surface area contributed by atoms with Crippen LogP contribution < -0.4 is 0 Å². The molecule has 4 atom stereocenters. The maximum Gasteiger partial charge on any atom is 0.254 e. The van der Waals surface area contributed by atoms with E-state index >= 15 is 0 Å². The molecule has 5 nitrogen and oxygen atoms in total. The number of aryl methyl sites for hydroxylation is 2. The summed E-state index contributed by atoms with van der Waals surface area (Å²) in [4.78, 5) is 34.0. The minimum atomic E-state index is 0.236. The lowest BCUT2D eigenvalue weighted by Gasteiger charge is -2.43. The van der Waals surface area contributed by atoms with Gasteiger partial charge in [-0.3, -0.25) is 14.5 Å². The van der Waals surface area contributed by atoms with E-state index in [1.54, 1.807) is 0 Å². The second-order valence-corrected chi connectivity index (χ2v) is 11.7. The monoisotopic (exact) mass is 485 g/mol. The molecular weight excluding hydrogens is 446 g/mol. The number of carbonyl (C=O) groups is 2. The highest BCUT2D eigenvalue weighted by Crippen LogP contribution is 2.41. The molecule has 3 saturated heterocycles. The molecule has 2 amide bonds. The molecule has 190 valence electrons. The van der Waals surface area contributed by atoms with Gasteiger partial charge >= 0.3 is 0 Å². The number of benzene rings is 2. The Bertz CT molecular complexity index is 1090. The first-order valence-corrected chi connectivity index (χ1v) is 14.0. The quantitative estimate of drug-likeness (QED) is 0.581. The van der Waals surface area contributed by atoms with Gasteiger partial charge < -0.3 is 9.80 Å². The fourth-order valence-electron chi connectivity index (χ4n) is 7.14. The molecule has 0 radical (unpaired) electrons. The maximum absolute atomic E-state index is 13.7. The van der Waals surface area contributed by atoms with E-state index in [0.29, 0.717) is 30.1 Å². The summed E-state index contributed by atoms with van der Waals surface area (Å²) < 4.78 is 0. The first-order valence-electron chi connectivity index (χ1n) is 14.0. The van der Waals surface area contributed by atoms with Gasteiger partial charge in [0.2, 0.25) is 5.91 Å². The molecule has 0 aromatic heterocycles.